The maximum atomic E-state index is 12.4. The minimum absolute atomic E-state index is 0.235. The van der Waals surface area contributed by atoms with E-state index >= 15 is 0 Å². The molecular weight excluding hydrogens is 360 g/mol. The number of hydrogen-bond donors (Lipinski definition) is 1. The van der Waals surface area contributed by atoms with Gasteiger partial charge in [-0.15, -0.1) is 0 Å². The van der Waals surface area contributed by atoms with Crippen molar-refractivity contribution >= 4 is 10.0 Å². The molecule has 27 heavy (non-hydrogen) atoms. The zero-order valence-electron chi connectivity index (χ0n) is 15.4. The fourth-order valence-electron chi connectivity index (χ4n) is 2.87. The summed E-state index contributed by atoms with van der Waals surface area (Å²) < 4.78 is 26.3. The first-order chi connectivity index (χ1) is 13.1. The third-order valence-electron chi connectivity index (χ3n) is 4.46. The first-order valence-corrected chi connectivity index (χ1v) is 10.5. The number of aryl methyl sites for hydroxylation is 1. The lowest BCUT2D eigenvalue weighted by Crippen LogP contribution is -2.28. The number of H-pyrrole nitrogens is 1. The molecule has 1 N–H and O–H groups in total. The van der Waals surface area contributed by atoms with Crippen LogP contribution in [0.25, 0.3) is 11.3 Å². The van der Waals surface area contributed by atoms with Crippen LogP contribution in [0.2, 0.25) is 0 Å². The van der Waals surface area contributed by atoms with Crippen molar-refractivity contribution in [1.82, 2.24) is 19.5 Å². The highest BCUT2D eigenvalue weighted by atomic mass is 32.2. The number of aromatic amines is 1. The van der Waals surface area contributed by atoms with Crippen molar-refractivity contribution in [2.75, 3.05) is 13.6 Å². The van der Waals surface area contributed by atoms with Crippen LogP contribution in [0.1, 0.15) is 25.0 Å². The van der Waals surface area contributed by atoms with E-state index in [0.717, 1.165) is 42.6 Å². The molecule has 2 heterocycles. The Bertz CT molecular complexity index is 940. The molecule has 6 nitrogen and oxygen atoms in total. The minimum atomic E-state index is -3.45. The van der Waals surface area contributed by atoms with Crippen molar-refractivity contribution in [2.24, 2.45) is 0 Å². The van der Waals surface area contributed by atoms with Gasteiger partial charge in [0.15, 0.2) is 0 Å². The summed E-state index contributed by atoms with van der Waals surface area (Å²) in [6.07, 6.45) is 6.60. The lowest BCUT2D eigenvalue weighted by atomic mass is 10.1. The molecule has 0 unspecified atom stereocenters. The Morgan fingerprint density at radius 3 is 2.59 bits per heavy atom. The average Bonchev–Trinajstić information content (AvgIpc) is 3.18. The molecular formula is C20H24N4O2S. The van der Waals surface area contributed by atoms with Crippen molar-refractivity contribution in [2.45, 2.75) is 30.6 Å². The summed E-state index contributed by atoms with van der Waals surface area (Å²) in [4.78, 5) is 4.12. The van der Waals surface area contributed by atoms with Crippen LogP contribution in [-0.4, -0.2) is 41.5 Å². The van der Waals surface area contributed by atoms with Crippen LogP contribution >= 0.6 is 0 Å². The van der Waals surface area contributed by atoms with E-state index in [9.17, 15) is 8.42 Å². The van der Waals surface area contributed by atoms with Gasteiger partial charge in [-0.2, -0.15) is 5.10 Å². The number of nitrogens with one attached hydrogen (secondary N) is 1. The number of unbranched alkanes of at least 4 members (excludes halogenated alkanes) is 2. The maximum absolute atomic E-state index is 12.4. The molecule has 0 spiro atoms. The molecule has 0 radical (unpaired) electrons. The minimum Gasteiger partial charge on any atom is -0.282 e. The highest BCUT2D eigenvalue weighted by Gasteiger charge is 2.20. The van der Waals surface area contributed by atoms with Gasteiger partial charge in [0.2, 0.25) is 10.0 Å². The zero-order chi connectivity index (χ0) is 19.1. The number of rotatable bonds is 9. The summed E-state index contributed by atoms with van der Waals surface area (Å²) in [5.41, 5.74) is 3.15. The van der Waals surface area contributed by atoms with Crippen LogP contribution in [0.3, 0.4) is 0 Å². The first-order valence-electron chi connectivity index (χ1n) is 9.03. The van der Waals surface area contributed by atoms with Gasteiger partial charge in [-0.05, 0) is 37.5 Å². The Balaban J connectivity index is 1.43. The molecule has 0 aliphatic carbocycles. The summed E-state index contributed by atoms with van der Waals surface area (Å²) in [5, 5.41) is 7.45. The fraction of sp³-hybridized carbons (Fsp3) is 0.300. The first kappa shape index (κ1) is 19.3. The fourth-order valence-corrected chi connectivity index (χ4v) is 4.05. The molecule has 0 saturated heterocycles. The van der Waals surface area contributed by atoms with E-state index in [1.165, 1.54) is 10.5 Å². The van der Waals surface area contributed by atoms with Crippen molar-refractivity contribution in [3.05, 3.63) is 66.6 Å². The number of sulfonamides is 1. The third-order valence-corrected chi connectivity index (χ3v) is 6.30. The predicted octanol–water partition coefficient (Wildman–Crippen LogP) is 3.51. The summed E-state index contributed by atoms with van der Waals surface area (Å²) in [6, 6.07) is 15.4. The Morgan fingerprint density at radius 1 is 1.04 bits per heavy atom. The number of aromatic nitrogens is 3. The van der Waals surface area contributed by atoms with Crippen LogP contribution in [0.4, 0.5) is 0 Å². The SMILES string of the molecule is CN(CCCCCc1cc(-c2ccccc2)n[nH]1)S(=O)(=O)c1cccnc1. The molecule has 7 heteroatoms. The molecule has 3 aromatic rings. The van der Waals surface area contributed by atoms with Gasteiger partial charge in [0.1, 0.15) is 4.90 Å². The number of hydrogen-bond acceptors (Lipinski definition) is 4. The number of nitrogens with zero attached hydrogens (tertiary/aromatic N) is 3. The van der Waals surface area contributed by atoms with E-state index in [4.69, 9.17) is 0 Å². The quantitative estimate of drug-likeness (QED) is 0.573. The van der Waals surface area contributed by atoms with Gasteiger partial charge >= 0.3 is 0 Å². The topological polar surface area (TPSA) is 79.0 Å². The monoisotopic (exact) mass is 384 g/mol. The van der Waals surface area contributed by atoms with Crippen LogP contribution in [0, 0.1) is 0 Å². The Morgan fingerprint density at radius 2 is 1.85 bits per heavy atom. The van der Waals surface area contributed by atoms with Crippen LogP contribution in [-0.2, 0) is 16.4 Å². The van der Waals surface area contributed by atoms with Gasteiger partial charge < -0.3 is 0 Å². The molecule has 0 bridgehead atoms. The molecule has 0 amide bonds. The average molecular weight is 385 g/mol. The Hall–Kier alpha value is -2.51. The molecule has 3 rings (SSSR count). The second-order valence-corrected chi connectivity index (χ2v) is 8.52. The molecule has 0 fully saturated rings. The standard InChI is InChI=1S/C20H24N4O2S/c1-24(27(25,26)19-12-8-13-21-16-19)14-7-3-6-11-18-15-20(23-22-18)17-9-4-2-5-10-17/h2,4-5,8-10,12-13,15-16H,3,6-7,11,14H2,1H3,(H,22,23). The summed E-state index contributed by atoms with van der Waals surface area (Å²) in [6.45, 7) is 0.496. The van der Waals surface area contributed by atoms with Gasteiger partial charge in [0.05, 0.1) is 5.69 Å². The van der Waals surface area contributed by atoms with E-state index < -0.39 is 10.0 Å². The summed E-state index contributed by atoms with van der Waals surface area (Å²) in [5.74, 6) is 0. The van der Waals surface area contributed by atoms with Gasteiger partial charge in [-0.25, -0.2) is 12.7 Å². The molecule has 0 atom stereocenters. The summed E-state index contributed by atoms with van der Waals surface area (Å²) >= 11 is 0. The second kappa shape index (κ2) is 8.92. The predicted molar refractivity (Wildman–Crippen MR) is 106 cm³/mol. The molecule has 142 valence electrons. The van der Waals surface area contributed by atoms with Crippen LogP contribution in [0.5, 0.6) is 0 Å². The van der Waals surface area contributed by atoms with Crippen molar-refractivity contribution in [3.63, 3.8) is 0 Å². The molecule has 0 saturated carbocycles. The lowest BCUT2D eigenvalue weighted by molar-refractivity contribution is 0.451. The molecule has 1 aromatic carbocycles. The van der Waals surface area contributed by atoms with Crippen molar-refractivity contribution in [1.29, 1.82) is 0 Å². The second-order valence-electron chi connectivity index (χ2n) is 6.47. The van der Waals surface area contributed by atoms with E-state index in [1.807, 2.05) is 30.3 Å². The highest BCUT2D eigenvalue weighted by molar-refractivity contribution is 7.89. The van der Waals surface area contributed by atoms with Crippen molar-refractivity contribution < 1.29 is 8.42 Å². The zero-order valence-corrected chi connectivity index (χ0v) is 16.2. The maximum Gasteiger partial charge on any atom is 0.244 e. The van der Waals surface area contributed by atoms with Crippen molar-refractivity contribution in [3.8, 4) is 11.3 Å². The highest BCUT2D eigenvalue weighted by Crippen LogP contribution is 2.18. The van der Waals surface area contributed by atoms with E-state index in [1.54, 1.807) is 25.4 Å². The molecule has 2 aromatic heterocycles. The lowest BCUT2D eigenvalue weighted by Gasteiger charge is -2.16. The van der Waals surface area contributed by atoms with Crippen LogP contribution < -0.4 is 0 Å². The van der Waals surface area contributed by atoms with Gasteiger partial charge in [0.25, 0.3) is 0 Å². The van der Waals surface area contributed by atoms with E-state index in [0.29, 0.717) is 6.54 Å². The number of pyridine rings is 1. The van der Waals surface area contributed by atoms with Gasteiger partial charge in [-0.3, -0.25) is 10.1 Å². The Kier molecular flexibility index (Phi) is 6.36. The normalized spacial score (nSPS) is 11.8. The van der Waals surface area contributed by atoms with Gasteiger partial charge in [0, 0.05) is 37.2 Å². The molecule has 0 aliphatic heterocycles. The number of benzene rings is 1. The smallest absolute Gasteiger partial charge is 0.244 e. The summed E-state index contributed by atoms with van der Waals surface area (Å²) in [7, 11) is -1.84. The van der Waals surface area contributed by atoms with E-state index in [2.05, 4.69) is 21.2 Å². The Labute approximate surface area is 160 Å². The third kappa shape index (κ3) is 5.02. The van der Waals surface area contributed by atoms with Crippen LogP contribution in [0.15, 0.2) is 65.8 Å². The van der Waals surface area contributed by atoms with Gasteiger partial charge in [-0.1, -0.05) is 36.8 Å². The van der Waals surface area contributed by atoms with E-state index in [-0.39, 0.29) is 4.90 Å². The largest absolute Gasteiger partial charge is 0.282 e. The molecule has 0 aliphatic rings.